The van der Waals surface area contributed by atoms with Crippen LogP contribution in [0.1, 0.15) is 63.5 Å². The van der Waals surface area contributed by atoms with Crippen molar-refractivity contribution in [2.45, 2.75) is 57.8 Å². The Labute approximate surface area is 177 Å². The van der Waals surface area contributed by atoms with Gasteiger partial charge in [0.05, 0.1) is 40.0 Å². The summed E-state index contributed by atoms with van der Waals surface area (Å²) in [5, 5.41) is 14.2. The van der Waals surface area contributed by atoms with Gasteiger partial charge < -0.3 is 25.9 Å². The molecule has 1 amide bonds. The lowest BCUT2D eigenvalue weighted by molar-refractivity contribution is -0.870. The van der Waals surface area contributed by atoms with Gasteiger partial charge in [0.2, 0.25) is 5.91 Å². The number of hydrogen-bond acceptors (Lipinski definition) is 5. The standard InChI is InChI=1S/C19H32N4O4.BrH/c1-23(2,3)15-11-9-7-5-4-6-8-10-12-18(24)21-20-16-17-13-14-19(27-17)22(25)26;/h13-14,16H,4-12,15H2,1-3H3;1H/b20-16+;. The van der Waals surface area contributed by atoms with Crippen molar-refractivity contribution in [1.29, 1.82) is 0 Å². The van der Waals surface area contributed by atoms with Crippen molar-refractivity contribution >= 4 is 18.0 Å². The number of nitrogens with zero attached hydrogens (tertiary/aromatic N) is 3. The Hall–Kier alpha value is -1.74. The molecular formula is C19H33BrN4O4. The normalized spacial score (nSPS) is 11.4. The summed E-state index contributed by atoms with van der Waals surface area (Å²) in [7, 11) is 6.68. The number of rotatable bonds is 14. The molecule has 0 radical (unpaired) electrons. The molecule has 1 rings (SSSR count). The largest absolute Gasteiger partial charge is 1.00 e. The highest BCUT2D eigenvalue weighted by molar-refractivity contribution is 5.80. The summed E-state index contributed by atoms with van der Waals surface area (Å²) in [5.74, 6) is -0.285. The first-order valence-electron chi connectivity index (χ1n) is 9.64. The van der Waals surface area contributed by atoms with Crippen molar-refractivity contribution in [1.82, 2.24) is 5.43 Å². The SMILES string of the molecule is C[N+](C)(C)CCCCCCCCCCC(=O)N/N=C/c1ccc([N+](=O)[O-])o1.[Br-]. The van der Waals surface area contributed by atoms with E-state index in [-0.39, 0.29) is 34.5 Å². The van der Waals surface area contributed by atoms with E-state index >= 15 is 0 Å². The van der Waals surface area contributed by atoms with E-state index in [0.29, 0.717) is 6.42 Å². The lowest BCUT2D eigenvalue weighted by Gasteiger charge is -2.23. The van der Waals surface area contributed by atoms with Crippen LogP contribution in [-0.2, 0) is 4.79 Å². The predicted octanol–water partition coefficient (Wildman–Crippen LogP) is 0.859. The molecule has 0 bridgehead atoms. The zero-order valence-electron chi connectivity index (χ0n) is 17.2. The van der Waals surface area contributed by atoms with Crippen molar-refractivity contribution in [3.63, 3.8) is 0 Å². The zero-order valence-corrected chi connectivity index (χ0v) is 18.7. The summed E-state index contributed by atoms with van der Waals surface area (Å²) in [5.41, 5.74) is 2.41. The number of nitro groups is 1. The minimum absolute atomic E-state index is 0. The Morgan fingerprint density at radius 1 is 1.11 bits per heavy atom. The summed E-state index contributed by atoms with van der Waals surface area (Å²) in [6.45, 7) is 1.23. The molecule has 0 saturated heterocycles. The van der Waals surface area contributed by atoms with Gasteiger partial charge in [0.25, 0.3) is 0 Å². The Balaban J connectivity index is 0.00000729. The molecule has 1 N–H and O–H groups in total. The van der Waals surface area contributed by atoms with Gasteiger partial charge in [-0.15, -0.1) is 0 Å². The number of carbonyl (C=O) groups is 1. The highest BCUT2D eigenvalue weighted by Gasteiger charge is 2.10. The summed E-state index contributed by atoms with van der Waals surface area (Å²) >= 11 is 0. The van der Waals surface area contributed by atoms with Crippen LogP contribution in [0.5, 0.6) is 0 Å². The first-order chi connectivity index (χ1) is 12.8. The molecule has 0 aliphatic heterocycles. The fourth-order valence-electron chi connectivity index (χ4n) is 2.67. The molecule has 8 nitrogen and oxygen atoms in total. The van der Waals surface area contributed by atoms with Gasteiger partial charge >= 0.3 is 5.88 Å². The number of amides is 1. The fourth-order valence-corrected chi connectivity index (χ4v) is 2.67. The number of nitrogens with one attached hydrogen (secondary N) is 1. The summed E-state index contributed by atoms with van der Waals surface area (Å²) in [6.07, 6.45) is 11.1. The molecule has 1 aromatic heterocycles. The smallest absolute Gasteiger partial charge is 0.433 e. The maximum atomic E-state index is 11.7. The van der Waals surface area contributed by atoms with Crippen LogP contribution in [0.4, 0.5) is 5.88 Å². The van der Waals surface area contributed by atoms with E-state index < -0.39 is 4.92 Å². The molecule has 0 unspecified atom stereocenters. The second kappa shape index (κ2) is 14.3. The quantitative estimate of drug-likeness (QED) is 0.146. The van der Waals surface area contributed by atoms with Crippen LogP contribution < -0.4 is 22.4 Å². The molecule has 0 saturated carbocycles. The van der Waals surface area contributed by atoms with E-state index in [2.05, 4.69) is 31.7 Å². The molecule has 0 aromatic carbocycles. The third-order valence-corrected chi connectivity index (χ3v) is 4.16. The van der Waals surface area contributed by atoms with Crippen LogP contribution in [0.15, 0.2) is 21.7 Å². The van der Waals surface area contributed by atoms with E-state index in [0.717, 1.165) is 23.7 Å². The zero-order chi connectivity index (χ0) is 20.1. The van der Waals surface area contributed by atoms with Crippen molar-refractivity contribution in [3.8, 4) is 0 Å². The van der Waals surface area contributed by atoms with E-state index in [1.54, 1.807) is 0 Å². The number of hydrazone groups is 1. The highest BCUT2D eigenvalue weighted by Crippen LogP contribution is 2.14. The van der Waals surface area contributed by atoms with Crippen molar-refractivity contribution < 1.29 is 35.6 Å². The minimum atomic E-state index is -0.624. The van der Waals surface area contributed by atoms with Gasteiger partial charge in [-0.1, -0.05) is 32.1 Å². The van der Waals surface area contributed by atoms with E-state index in [1.165, 1.54) is 57.0 Å². The molecule has 1 aromatic rings. The lowest BCUT2D eigenvalue weighted by atomic mass is 10.1. The van der Waals surface area contributed by atoms with Gasteiger partial charge in [-0.2, -0.15) is 5.10 Å². The molecule has 160 valence electrons. The minimum Gasteiger partial charge on any atom is -1.00 e. The van der Waals surface area contributed by atoms with Crippen LogP contribution in [0.25, 0.3) is 0 Å². The van der Waals surface area contributed by atoms with Gasteiger partial charge in [0.1, 0.15) is 4.92 Å². The molecule has 0 spiro atoms. The molecule has 0 fully saturated rings. The Morgan fingerprint density at radius 3 is 2.21 bits per heavy atom. The molecule has 0 aliphatic carbocycles. The average Bonchev–Trinajstić information content (AvgIpc) is 3.05. The Morgan fingerprint density at radius 2 is 1.68 bits per heavy atom. The second-order valence-electron chi connectivity index (χ2n) is 7.82. The fraction of sp³-hybridized carbons (Fsp3) is 0.684. The van der Waals surface area contributed by atoms with E-state index in [1.807, 2.05) is 0 Å². The van der Waals surface area contributed by atoms with Gasteiger partial charge in [0.15, 0.2) is 5.76 Å². The number of unbranched alkanes of at least 4 members (excludes halogenated alkanes) is 7. The van der Waals surface area contributed by atoms with E-state index in [9.17, 15) is 14.9 Å². The molecule has 0 aliphatic rings. The van der Waals surface area contributed by atoms with Gasteiger partial charge in [-0.05, 0) is 25.3 Å². The van der Waals surface area contributed by atoms with Crippen LogP contribution in [0, 0.1) is 10.1 Å². The average molecular weight is 461 g/mol. The molecule has 9 heteroatoms. The topological polar surface area (TPSA) is 97.7 Å². The van der Waals surface area contributed by atoms with Crippen molar-refractivity contribution in [2.24, 2.45) is 5.10 Å². The van der Waals surface area contributed by atoms with Crippen LogP contribution in [-0.4, -0.2) is 49.2 Å². The molecule has 1 heterocycles. The maximum absolute atomic E-state index is 11.7. The van der Waals surface area contributed by atoms with Crippen LogP contribution in [0.3, 0.4) is 0 Å². The number of hydrogen-bond donors (Lipinski definition) is 1. The first kappa shape index (κ1) is 26.3. The van der Waals surface area contributed by atoms with Gasteiger partial charge in [-0.3, -0.25) is 14.9 Å². The number of halogens is 1. The predicted molar refractivity (Wildman–Crippen MR) is 106 cm³/mol. The van der Waals surface area contributed by atoms with Gasteiger partial charge in [-0.25, -0.2) is 5.43 Å². The maximum Gasteiger partial charge on any atom is 0.433 e. The van der Waals surface area contributed by atoms with Gasteiger partial charge in [0, 0.05) is 6.42 Å². The third-order valence-electron chi connectivity index (χ3n) is 4.16. The second-order valence-corrected chi connectivity index (χ2v) is 7.82. The van der Waals surface area contributed by atoms with Crippen molar-refractivity contribution in [2.75, 3.05) is 27.7 Å². The highest BCUT2D eigenvalue weighted by atomic mass is 79.9. The lowest BCUT2D eigenvalue weighted by Crippen LogP contribution is -3.00. The molecule has 0 atom stereocenters. The monoisotopic (exact) mass is 460 g/mol. The molecule has 28 heavy (non-hydrogen) atoms. The van der Waals surface area contributed by atoms with Crippen molar-refractivity contribution in [3.05, 3.63) is 28.0 Å². The van der Waals surface area contributed by atoms with Crippen LogP contribution in [0.2, 0.25) is 0 Å². The summed E-state index contributed by atoms with van der Waals surface area (Å²) < 4.78 is 5.94. The Kier molecular flexibility index (Phi) is 13.4. The third kappa shape index (κ3) is 13.4. The Bertz CT molecular complexity index is 611. The summed E-state index contributed by atoms with van der Waals surface area (Å²) in [6, 6.07) is 2.67. The number of furan rings is 1. The summed E-state index contributed by atoms with van der Waals surface area (Å²) in [4.78, 5) is 21.5. The number of quaternary nitrogens is 1. The molecular weight excluding hydrogens is 428 g/mol. The number of carbonyl (C=O) groups excluding carboxylic acids is 1. The first-order valence-corrected chi connectivity index (χ1v) is 9.64. The van der Waals surface area contributed by atoms with Crippen LogP contribution >= 0.6 is 0 Å². The van der Waals surface area contributed by atoms with E-state index in [4.69, 9.17) is 4.42 Å².